The molecule has 92 valence electrons. The van der Waals surface area contributed by atoms with E-state index in [0.29, 0.717) is 5.56 Å². The second kappa shape index (κ2) is 4.84. The maximum Gasteiger partial charge on any atom is 0.266 e. The van der Waals surface area contributed by atoms with Gasteiger partial charge in [-0.05, 0) is 39.9 Å². The Bertz CT molecular complexity index is 793. The van der Waals surface area contributed by atoms with Crippen LogP contribution in [-0.2, 0) is 0 Å². The first kappa shape index (κ1) is 11.9. The molecule has 0 saturated carbocycles. The molecule has 0 aliphatic rings. The lowest BCUT2D eigenvalue weighted by atomic mass is 10.0. The molecule has 0 aromatic carbocycles. The van der Waals surface area contributed by atoms with Crippen molar-refractivity contribution < 1.29 is 0 Å². The van der Waals surface area contributed by atoms with Crippen molar-refractivity contribution in [3.05, 3.63) is 56.3 Å². The van der Waals surface area contributed by atoms with Crippen molar-refractivity contribution in [3.8, 4) is 27.8 Å². The standard InChI is InChI=1S/C14H8N2OS2/c15-7-11-10(9-3-5-18-8-9)6-12(16-14(11)17)13-2-1-4-19-13/h1-6,8H,(H,16,17). The highest BCUT2D eigenvalue weighted by atomic mass is 32.1. The van der Waals surface area contributed by atoms with Gasteiger partial charge in [0.2, 0.25) is 0 Å². The lowest BCUT2D eigenvalue weighted by molar-refractivity contribution is 1.23. The molecule has 0 saturated heterocycles. The highest BCUT2D eigenvalue weighted by molar-refractivity contribution is 7.13. The Balaban J connectivity index is 2.28. The van der Waals surface area contributed by atoms with Gasteiger partial charge in [0.1, 0.15) is 11.6 Å². The molecule has 0 amide bonds. The van der Waals surface area contributed by atoms with Crippen molar-refractivity contribution in [3.63, 3.8) is 0 Å². The van der Waals surface area contributed by atoms with Gasteiger partial charge in [-0.1, -0.05) is 6.07 Å². The molecule has 0 bridgehead atoms. The van der Waals surface area contributed by atoms with Crippen molar-refractivity contribution in [1.82, 2.24) is 4.98 Å². The summed E-state index contributed by atoms with van der Waals surface area (Å²) in [4.78, 5) is 15.8. The third-order valence-electron chi connectivity index (χ3n) is 2.76. The number of pyridine rings is 1. The summed E-state index contributed by atoms with van der Waals surface area (Å²) in [6, 6.07) is 9.65. The predicted octanol–water partition coefficient (Wildman–Crippen LogP) is 3.70. The van der Waals surface area contributed by atoms with Crippen LogP contribution in [0.4, 0.5) is 0 Å². The van der Waals surface area contributed by atoms with E-state index in [1.165, 1.54) is 0 Å². The topological polar surface area (TPSA) is 56.6 Å². The third kappa shape index (κ3) is 2.12. The highest BCUT2D eigenvalue weighted by Crippen LogP contribution is 2.29. The minimum atomic E-state index is -0.338. The first-order chi connectivity index (χ1) is 9.29. The fraction of sp³-hybridized carbons (Fsp3) is 0. The molecule has 3 aromatic heterocycles. The van der Waals surface area contributed by atoms with Crippen LogP contribution in [0.3, 0.4) is 0 Å². The van der Waals surface area contributed by atoms with Crippen LogP contribution < -0.4 is 5.56 Å². The molecule has 3 heterocycles. The predicted molar refractivity (Wildman–Crippen MR) is 78.4 cm³/mol. The normalized spacial score (nSPS) is 10.3. The summed E-state index contributed by atoms with van der Waals surface area (Å²) in [6.45, 7) is 0. The average Bonchev–Trinajstić information content (AvgIpc) is 3.11. The summed E-state index contributed by atoms with van der Waals surface area (Å²) in [5.41, 5.74) is 2.18. The van der Waals surface area contributed by atoms with Gasteiger partial charge >= 0.3 is 0 Å². The molecule has 5 heteroatoms. The van der Waals surface area contributed by atoms with Crippen LogP contribution in [0.15, 0.2) is 45.2 Å². The van der Waals surface area contributed by atoms with Crippen molar-refractivity contribution >= 4 is 22.7 Å². The molecule has 3 aromatic rings. The van der Waals surface area contributed by atoms with E-state index in [1.54, 1.807) is 22.7 Å². The molecule has 1 N–H and O–H groups in total. The SMILES string of the molecule is N#Cc1c(-c2ccsc2)cc(-c2cccs2)[nH]c1=O. The Hall–Kier alpha value is -2.16. The molecule has 0 aliphatic carbocycles. The summed E-state index contributed by atoms with van der Waals surface area (Å²) in [5.74, 6) is 0. The molecule has 19 heavy (non-hydrogen) atoms. The molecule has 0 spiro atoms. The van der Waals surface area contributed by atoms with Gasteiger partial charge in [0.05, 0.1) is 10.6 Å². The molecule has 0 atom stereocenters. The second-order valence-corrected chi connectivity index (χ2v) is 5.63. The first-order valence-corrected chi connectivity index (χ1v) is 7.35. The van der Waals surface area contributed by atoms with Crippen molar-refractivity contribution in [2.24, 2.45) is 0 Å². The minimum Gasteiger partial charge on any atom is -0.320 e. The number of nitriles is 1. The van der Waals surface area contributed by atoms with E-state index in [9.17, 15) is 4.79 Å². The van der Waals surface area contributed by atoms with Gasteiger partial charge in [0, 0.05) is 5.56 Å². The molecule has 0 radical (unpaired) electrons. The minimum absolute atomic E-state index is 0.165. The van der Waals surface area contributed by atoms with E-state index < -0.39 is 0 Å². The largest absolute Gasteiger partial charge is 0.320 e. The zero-order chi connectivity index (χ0) is 13.2. The van der Waals surface area contributed by atoms with Crippen LogP contribution >= 0.6 is 22.7 Å². The molecular formula is C14H8N2OS2. The van der Waals surface area contributed by atoms with Crippen molar-refractivity contribution in [2.75, 3.05) is 0 Å². The molecule has 0 unspecified atom stereocenters. The number of H-pyrrole nitrogens is 1. The van der Waals surface area contributed by atoms with Crippen LogP contribution in [0, 0.1) is 11.3 Å². The third-order valence-corrected chi connectivity index (χ3v) is 4.35. The van der Waals surface area contributed by atoms with Gasteiger partial charge < -0.3 is 4.98 Å². The molecule has 0 aliphatic heterocycles. The smallest absolute Gasteiger partial charge is 0.266 e. The summed E-state index contributed by atoms with van der Waals surface area (Å²) >= 11 is 3.10. The van der Waals surface area contributed by atoms with Crippen LogP contribution in [0.5, 0.6) is 0 Å². The van der Waals surface area contributed by atoms with Crippen LogP contribution in [0.1, 0.15) is 5.56 Å². The fourth-order valence-corrected chi connectivity index (χ4v) is 3.23. The van der Waals surface area contributed by atoms with Gasteiger partial charge in [0.15, 0.2) is 0 Å². The van der Waals surface area contributed by atoms with Gasteiger partial charge in [-0.15, -0.1) is 11.3 Å². The van der Waals surface area contributed by atoms with Crippen molar-refractivity contribution in [2.45, 2.75) is 0 Å². The number of aromatic nitrogens is 1. The average molecular weight is 284 g/mol. The van der Waals surface area contributed by atoms with Gasteiger partial charge in [0.25, 0.3) is 5.56 Å². The number of nitrogens with zero attached hydrogens (tertiary/aromatic N) is 1. The van der Waals surface area contributed by atoms with Gasteiger partial charge in [-0.25, -0.2) is 0 Å². The van der Waals surface area contributed by atoms with E-state index in [0.717, 1.165) is 16.1 Å². The van der Waals surface area contributed by atoms with Crippen LogP contribution in [-0.4, -0.2) is 4.98 Å². The Kier molecular flexibility index (Phi) is 3.03. The lowest BCUT2D eigenvalue weighted by Crippen LogP contribution is -2.12. The van der Waals surface area contributed by atoms with E-state index in [-0.39, 0.29) is 11.1 Å². The van der Waals surface area contributed by atoms with Gasteiger partial charge in [-0.3, -0.25) is 4.79 Å². The Morgan fingerprint density at radius 1 is 1.26 bits per heavy atom. The first-order valence-electron chi connectivity index (χ1n) is 5.53. The highest BCUT2D eigenvalue weighted by Gasteiger charge is 2.12. The Labute approximate surface area is 117 Å². The summed E-state index contributed by atoms with van der Waals surface area (Å²) < 4.78 is 0. The monoisotopic (exact) mass is 284 g/mol. The van der Waals surface area contributed by atoms with Crippen molar-refractivity contribution in [1.29, 1.82) is 5.26 Å². The summed E-state index contributed by atoms with van der Waals surface area (Å²) in [5, 5.41) is 15.0. The van der Waals surface area contributed by atoms with E-state index >= 15 is 0 Å². The maximum atomic E-state index is 12.0. The summed E-state index contributed by atoms with van der Waals surface area (Å²) in [6.07, 6.45) is 0. The molecule has 0 fully saturated rings. The zero-order valence-corrected chi connectivity index (χ0v) is 11.3. The molecular weight excluding hydrogens is 276 g/mol. The number of aromatic amines is 1. The number of hydrogen-bond acceptors (Lipinski definition) is 4. The summed E-state index contributed by atoms with van der Waals surface area (Å²) in [7, 11) is 0. The fourth-order valence-electron chi connectivity index (χ4n) is 1.88. The van der Waals surface area contributed by atoms with Crippen LogP contribution in [0.2, 0.25) is 0 Å². The van der Waals surface area contributed by atoms with Crippen LogP contribution in [0.25, 0.3) is 21.7 Å². The molecule has 3 rings (SSSR count). The molecule has 3 nitrogen and oxygen atoms in total. The van der Waals surface area contributed by atoms with E-state index in [4.69, 9.17) is 5.26 Å². The quantitative estimate of drug-likeness (QED) is 0.780. The number of thiophene rings is 2. The Morgan fingerprint density at radius 3 is 2.79 bits per heavy atom. The second-order valence-electron chi connectivity index (χ2n) is 3.90. The zero-order valence-electron chi connectivity index (χ0n) is 9.71. The lowest BCUT2D eigenvalue weighted by Gasteiger charge is -2.04. The van der Waals surface area contributed by atoms with E-state index in [2.05, 4.69) is 4.98 Å². The number of rotatable bonds is 2. The maximum absolute atomic E-state index is 12.0. The van der Waals surface area contributed by atoms with E-state index in [1.807, 2.05) is 46.5 Å². The Morgan fingerprint density at radius 2 is 2.16 bits per heavy atom. The van der Waals surface area contributed by atoms with Gasteiger partial charge in [-0.2, -0.15) is 16.6 Å². The number of nitrogens with one attached hydrogen (secondary N) is 1. The number of hydrogen-bond donors (Lipinski definition) is 1.